The van der Waals surface area contributed by atoms with E-state index < -0.39 is 42.6 Å². The van der Waals surface area contributed by atoms with Gasteiger partial charge in [-0.3, -0.25) is 4.79 Å². The highest BCUT2D eigenvalue weighted by Gasteiger charge is 2.57. The van der Waals surface area contributed by atoms with Crippen molar-refractivity contribution < 1.29 is 35.1 Å². The zero-order chi connectivity index (χ0) is 11.8. The van der Waals surface area contributed by atoms with Gasteiger partial charge in [0.1, 0.15) is 18.3 Å². The van der Waals surface area contributed by atoms with Gasteiger partial charge in [0.25, 0.3) is 0 Å². The van der Waals surface area contributed by atoms with Gasteiger partial charge in [-0.2, -0.15) is 0 Å². The third kappa shape index (κ3) is 1.78. The summed E-state index contributed by atoms with van der Waals surface area (Å²) in [6.45, 7) is 0.263. The molecule has 0 spiro atoms. The summed E-state index contributed by atoms with van der Waals surface area (Å²) in [5.41, 5.74) is -2.52. The minimum absolute atomic E-state index is 0.694. The third-order valence-corrected chi connectivity index (χ3v) is 2.58. The van der Waals surface area contributed by atoms with E-state index in [0.29, 0.717) is 0 Å². The molecule has 1 fully saturated rings. The molecule has 7 nitrogen and oxygen atoms in total. The van der Waals surface area contributed by atoms with Crippen LogP contribution in [0.2, 0.25) is 0 Å². The quantitative estimate of drug-likeness (QED) is 0.332. The molecule has 0 amide bonds. The van der Waals surface area contributed by atoms with Crippen LogP contribution in [0.15, 0.2) is 0 Å². The second kappa shape index (κ2) is 4.12. The maximum atomic E-state index is 11.1. The van der Waals surface area contributed by atoms with E-state index in [1.165, 1.54) is 0 Å². The van der Waals surface area contributed by atoms with Crippen molar-refractivity contribution in [2.75, 3.05) is 6.61 Å². The van der Waals surface area contributed by atoms with Crippen LogP contribution in [0.3, 0.4) is 0 Å². The number of ether oxygens (including phenoxy) is 1. The number of rotatable bonds is 2. The van der Waals surface area contributed by atoms with Gasteiger partial charge < -0.3 is 30.3 Å². The molecule has 1 saturated heterocycles. The number of hydrogen-bond donors (Lipinski definition) is 5. The Labute approximate surface area is 85.5 Å². The summed E-state index contributed by atoms with van der Waals surface area (Å²) in [6, 6.07) is 0. The monoisotopic (exact) mass is 222 g/mol. The van der Waals surface area contributed by atoms with Crippen molar-refractivity contribution in [3.63, 3.8) is 0 Å². The molecule has 5 unspecified atom stereocenters. The average molecular weight is 222 g/mol. The average Bonchev–Trinajstić information content (AvgIpc) is 2.20. The van der Waals surface area contributed by atoms with E-state index in [0.717, 1.165) is 6.92 Å². The maximum absolute atomic E-state index is 11.1. The van der Waals surface area contributed by atoms with Gasteiger partial charge >= 0.3 is 0 Å². The smallest absolute Gasteiger partial charge is 0.184 e. The van der Waals surface area contributed by atoms with E-state index in [4.69, 9.17) is 5.11 Å². The predicted molar refractivity (Wildman–Crippen MR) is 45.6 cm³/mol. The van der Waals surface area contributed by atoms with Crippen LogP contribution in [-0.2, 0) is 9.53 Å². The summed E-state index contributed by atoms with van der Waals surface area (Å²) < 4.78 is 4.60. The Bertz CT molecular complexity index is 255. The van der Waals surface area contributed by atoms with Crippen molar-refractivity contribution in [1.82, 2.24) is 0 Å². The number of ketones is 1. The van der Waals surface area contributed by atoms with Gasteiger partial charge in [-0.15, -0.1) is 0 Å². The molecule has 1 aliphatic rings. The Kier molecular flexibility index (Phi) is 3.44. The van der Waals surface area contributed by atoms with Gasteiger partial charge in [-0.05, 0) is 6.92 Å². The van der Waals surface area contributed by atoms with Gasteiger partial charge in [0, 0.05) is 0 Å². The van der Waals surface area contributed by atoms with Gasteiger partial charge in [-0.25, -0.2) is 0 Å². The zero-order valence-electron chi connectivity index (χ0n) is 8.07. The number of carbonyl (C=O) groups excluding carboxylic acids is 1. The van der Waals surface area contributed by atoms with E-state index in [9.17, 15) is 25.2 Å². The second-order valence-corrected chi connectivity index (χ2v) is 3.52. The van der Waals surface area contributed by atoms with Crippen LogP contribution in [0.5, 0.6) is 0 Å². The summed E-state index contributed by atoms with van der Waals surface area (Å²) in [4.78, 5) is 11.1. The molecule has 0 radical (unpaired) electrons. The molecule has 15 heavy (non-hydrogen) atoms. The van der Waals surface area contributed by atoms with Gasteiger partial charge in [0.15, 0.2) is 17.7 Å². The SMILES string of the molecule is CC(=O)C1(O)C(O)C(O)OC(CO)C1O. The van der Waals surface area contributed by atoms with E-state index in [1.807, 2.05) is 0 Å². The molecule has 0 aromatic heterocycles. The molecule has 7 heteroatoms. The number of aliphatic hydroxyl groups excluding tert-OH is 4. The normalized spacial score (nSPS) is 46.5. The topological polar surface area (TPSA) is 127 Å². The van der Waals surface area contributed by atoms with Gasteiger partial charge in [0.05, 0.1) is 6.61 Å². The Morgan fingerprint density at radius 1 is 1.33 bits per heavy atom. The first-order valence-corrected chi connectivity index (χ1v) is 4.39. The number of aliphatic hydroxyl groups is 5. The van der Waals surface area contributed by atoms with Crippen LogP contribution in [-0.4, -0.2) is 68.1 Å². The Balaban J connectivity index is 3.04. The lowest BCUT2D eigenvalue weighted by atomic mass is 9.81. The molecule has 1 rings (SSSR count). The summed E-state index contributed by atoms with van der Waals surface area (Å²) in [5.74, 6) is -0.914. The lowest BCUT2D eigenvalue weighted by Crippen LogP contribution is -2.70. The van der Waals surface area contributed by atoms with Gasteiger partial charge in [0.2, 0.25) is 0 Å². The molecule has 0 aliphatic carbocycles. The summed E-state index contributed by atoms with van der Waals surface area (Å²) in [7, 11) is 0. The first kappa shape index (κ1) is 12.5. The molecule has 0 aromatic carbocycles. The third-order valence-electron chi connectivity index (χ3n) is 2.58. The van der Waals surface area contributed by atoms with Crippen molar-refractivity contribution in [3.05, 3.63) is 0 Å². The van der Waals surface area contributed by atoms with Crippen molar-refractivity contribution in [2.24, 2.45) is 0 Å². The Morgan fingerprint density at radius 2 is 1.87 bits per heavy atom. The van der Waals surface area contributed by atoms with Crippen LogP contribution in [0.4, 0.5) is 0 Å². The minimum atomic E-state index is -2.52. The van der Waals surface area contributed by atoms with Crippen molar-refractivity contribution >= 4 is 5.78 Å². The van der Waals surface area contributed by atoms with Crippen LogP contribution in [0, 0.1) is 0 Å². The van der Waals surface area contributed by atoms with Crippen molar-refractivity contribution in [2.45, 2.75) is 37.1 Å². The minimum Gasteiger partial charge on any atom is -0.394 e. The molecular weight excluding hydrogens is 208 g/mol. The van der Waals surface area contributed by atoms with E-state index in [2.05, 4.69) is 4.74 Å². The summed E-state index contributed by atoms with van der Waals surface area (Å²) in [5, 5.41) is 46.6. The summed E-state index contributed by atoms with van der Waals surface area (Å²) in [6.07, 6.45) is -6.90. The molecule has 1 heterocycles. The highest BCUT2D eigenvalue weighted by atomic mass is 16.6. The fourth-order valence-corrected chi connectivity index (χ4v) is 1.56. The standard InChI is InChI=1S/C8H14O7/c1-3(10)8(14)5(11)4(2-9)15-7(13)6(8)12/h4-7,9,11-14H,2H2,1H3. The highest BCUT2D eigenvalue weighted by molar-refractivity contribution is 5.86. The molecule has 88 valence electrons. The first-order valence-electron chi connectivity index (χ1n) is 4.39. The fraction of sp³-hybridized carbons (Fsp3) is 0.875. The molecule has 0 saturated carbocycles. The molecule has 5 atom stereocenters. The Hall–Kier alpha value is -0.570. The molecule has 5 N–H and O–H groups in total. The fourth-order valence-electron chi connectivity index (χ4n) is 1.56. The second-order valence-electron chi connectivity index (χ2n) is 3.52. The molecular formula is C8H14O7. The lowest BCUT2D eigenvalue weighted by molar-refractivity contribution is -0.311. The van der Waals surface area contributed by atoms with Crippen LogP contribution >= 0.6 is 0 Å². The first-order chi connectivity index (χ1) is 6.85. The summed E-state index contributed by atoms with van der Waals surface area (Å²) >= 11 is 0. The van der Waals surface area contributed by atoms with E-state index in [1.54, 1.807) is 0 Å². The van der Waals surface area contributed by atoms with E-state index in [-0.39, 0.29) is 0 Å². The van der Waals surface area contributed by atoms with Crippen LogP contribution in [0.1, 0.15) is 6.92 Å². The number of hydrogen-bond acceptors (Lipinski definition) is 7. The van der Waals surface area contributed by atoms with E-state index >= 15 is 0 Å². The largest absolute Gasteiger partial charge is 0.394 e. The lowest BCUT2D eigenvalue weighted by Gasteiger charge is -2.44. The van der Waals surface area contributed by atoms with Crippen LogP contribution < -0.4 is 0 Å². The molecule has 0 aromatic rings. The maximum Gasteiger partial charge on any atom is 0.184 e. The van der Waals surface area contributed by atoms with Crippen molar-refractivity contribution in [1.29, 1.82) is 0 Å². The zero-order valence-corrected chi connectivity index (χ0v) is 8.07. The Morgan fingerprint density at radius 3 is 2.27 bits per heavy atom. The molecule has 1 aliphatic heterocycles. The number of carbonyl (C=O) groups is 1. The number of Topliss-reactive ketones (excluding diaryl/α,β-unsaturated/α-hetero) is 1. The van der Waals surface area contributed by atoms with Crippen molar-refractivity contribution in [3.8, 4) is 0 Å². The highest BCUT2D eigenvalue weighted by Crippen LogP contribution is 2.29. The van der Waals surface area contributed by atoms with Gasteiger partial charge in [-0.1, -0.05) is 0 Å². The molecule has 0 bridgehead atoms. The van der Waals surface area contributed by atoms with Crippen LogP contribution in [0.25, 0.3) is 0 Å². The predicted octanol–water partition coefficient (Wildman–Crippen LogP) is -3.26.